The van der Waals surface area contributed by atoms with Gasteiger partial charge in [0.2, 0.25) is 5.91 Å². The second kappa shape index (κ2) is 7.42. The number of hydrogen-bond donors (Lipinski definition) is 2. The number of carbonyl (C=O) groups excluding carboxylic acids is 2. The number of aromatic nitrogens is 1. The first-order valence-corrected chi connectivity index (χ1v) is 7.50. The van der Waals surface area contributed by atoms with E-state index in [9.17, 15) is 14.7 Å². The van der Waals surface area contributed by atoms with Gasteiger partial charge in [-0.05, 0) is 13.1 Å². The molecule has 1 aliphatic heterocycles. The molecule has 1 atom stereocenters. The van der Waals surface area contributed by atoms with Gasteiger partial charge in [-0.25, -0.2) is 0 Å². The Kier molecular flexibility index (Phi) is 5.57. The second-order valence-corrected chi connectivity index (χ2v) is 5.82. The van der Waals surface area contributed by atoms with Crippen molar-refractivity contribution in [1.29, 1.82) is 0 Å². The maximum atomic E-state index is 12.1. The van der Waals surface area contributed by atoms with Gasteiger partial charge >= 0.3 is 0 Å². The van der Waals surface area contributed by atoms with Crippen LogP contribution in [-0.2, 0) is 11.8 Å². The summed E-state index contributed by atoms with van der Waals surface area (Å²) in [6, 6.07) is 1.71. The van der Waals surface area contributed by atoms with Crippen molar-refractivity contribution in [2.75, 3.05) is 39.8 Å². The number of rotatable bonds is 5. The molecule has 1 aromatic heterocycles. The Hall–Kier alpha value is -1.86. The SMILES string of the molecule is CN1CCN(C(=O)CC(O)CNC(=O)c2ccn(C)c2)CC1. The quantitative estimate of drug-likeness (QED) is 0.752. The van der Waals surface area contributed by atoms with Crippen LogP contribution in [-0.4, -0.2) is 77.2 Å². The molecule has 0 radical (unpaired) electrons. The first-order chi connectivity index (χ1) is 10.5. The molecule has 1 fully saturated rings. The standard InChI is InChI=1S/C15H24N4O3/c1-17-5-7-19(8-6-17)14(21)9-13(20)10-16-15(22)12-3-4-18(2)11-12/h3-4,11,13,20H,5-10H2,1-2H3,(H,16,22). The average molecular weight is 308 g/mol. The van der Waals surface area contributed by atoms with E-state index in [0.717, 1.165) is 13.1 Å². The number of aliphatic hydroxyl groups excluding tert-OH is 1. The van der Waals surface area contributed by atoms with Crippen molar-refractivity contribution in [3.63, 3.8) is 0 Å². The molecule has 7 heteroatoms. The van der Waals surface area contributed by atoms with Gasteiger partial charge in [0.1, 0.15) is 0 Å². The summed E-state index contributed by atoms with van der Waals surface area (Å²) in [5, 5.41) is 12.6. The van der Waals surface area contributed by atoms with E-state index in [-0.39, 0.29) is 24.8 Å². The first-order valence-electron chi connectivity index (χ1n) is 7.50. The minimum absolute atomic E-state index is 0.0405. The van der Waals surface area contributed by atoms with Gasteiger partial charge in [-0.15, -0.1) is 0 Å². The van der Waals surface area contributed by atoms with Crippen LogP contribution in [0.3, 0.4) is 0 Å². The predicted octanol–water partition coefficient (Wildman–Crippen LogP) is -0.720. The van der Waals surface area contributed by atoms with Crippen molar-refractivity contribution < 1.29 is 14.7 Å². The van der Waals surface area contributed by atoms with E-state index in [2.05, 4.69) is 10.2 Å². The van der Waals surface area contributed by atoms with Crippen LogP contribution < -0.4 is 5.32 Å². The lowest BCUT2D eigenvalue weighted by Gasteiger charge is -2.32. The topological polar surface area (TPSA) is 77.8 Å². The molecule has 122 valence electrons. The molecule has 0 aliphatic carbocycles. The number of carbonyl (C=O) groups is 2. The third-order valence-electron chi connectivity index (χ3n) is 3.86. The van der Waals surface area contributed by atoms with Crippen molar-refractivity contribution in [2.45, 2.75) is 12.5 Å². The minimum atomic E-state index is -0.861. The highest BCUT2D eigenvalue weighted by Gasteiger charge is 2.21. The molecule has 0 spiro atoms. The maximum absolute atomic E-state index is 12.1. The second-order valence-electron chi connectivity index (χ2n) is 5.82. The fourth-order valence-electron chi connectivity index (χ4n) is 2.41. The summed E-state index contributed by atoms with van der Waals surface area (Å²) < 4.78 is 1.78. The highest BCUT2D eigenvalue weighted by Crippen LogP contribution is 2.04. The zero-order valence-electron chi connectivity index (χ0n) is 13.2. The normalized spacial score (nSPS) is 17.3. The molecule has 2 rings (SSSR count). The van der Waals surface area contributed by atoms with Gasteiger partial charge in [0.05, 0.1) is 18.1 Å². The monoisotopic (exact) mass is 308 g/mol. The number of hydrogen-bond acceptors (Lipinski definition) is 4. The van der Waals surface area contributed by atoms with E-state index < -0.39 is 6.10 Å². The Morgan fingerprint density at radius 3 is 2.55 bits per heavy atom. The van der Waals surface area contributed by atoms with E-state index in [1.165, 1.54) is 0 Å². The van der Waals surface area contributed by atoms with Crippen LogP contribution in [0.1, 0.15) is 16.8 Å². The van der Waals surface area contributed by atoms with Gasteiger partial charge in [0.25, 0.3) is 5.91 Å². The summed E-state index contributed by atoms with van der Waals surface area (Å²) >= 11 is 0. The predicted molar refractivity (Wildman–Crippen MR) is 82.4 cm³/mol. The molecule has 0 saturated carbocycles. The first kappa shape index (κ1) is 16.5. The van der Waals surface area contributed by atoms with Crippen LogP contribution in [0.2, 0.25) is 0 Å². The van der Waals surface area contributed by atoms with Gasteiger partial charge in [0.15, 0.2) is 0 Å². The Morgan fingerprint density at radius 1 is 1.27 bits per heavy atom. The number of aryl methyl sites for hydroxylation is 1. The van der Waals surface area contributed by atoms with Crippen molar-refractivity contribution >= 4 is 11.8 Å². The molecule has 1 unspecified atom stereocenters. The van der Waals surface area contributed by atoms with Gasteiger partial charge in [0, 0.05) is 52.2 Å². The molecular weight excluding hydrogens is 284 g/mol. The molecule has 1 saturated heterocycles. The van der Waals surface area contributed by atoms with Crippen LogP contribution >= 0.6 is 0 Å². The Bertz CT molecular complexity index is 521. The molecule has 1 aromatic rings. The molecule has 2 amide bonds. The van der Waals surface area contributed by atoms with E-state index in [1.54, 1.807) is 27.9 Å². The molecule has 22 heavy (non-hydrogen) atoms. The number of aliphatic hydroxyl groups is 1. The van der Waals surface area contributed by atoms with Crippen molar-refractivity contribution in [3.8, 4) is 0 Å². The van der Waals surface area contributed by atoms with Crippen LogP contribution in [0.4, 0.5) is 0 Å². The maximum Gasteiger partial charge on any atom is 0.252 e. The van der Waals surface area contributed by atoms with Crippen molar-refractivity contribution in [2.24, 2.45) is 7.05 Å². The Morgan fingerprint density at radius 2 is 1.95 bits per heavy atom. The van der Waals surface area contributed by atoms with Gasteiger partial charge in [-0.2, -0.15) is 0 Å². The van der Waals surface area contributed by atoms with Crippen LogP contribution in [0, 0.1) is 0 Å². The lowest BCUT2D eigenvalue weighted by molar-refractivity contribution is -0.134. The summed E-state index contributed by atoms with van der Waals surface area (Å²) in [4.78, 5) is 27.8. The van der Waals surface area contributed by atoms with E-state index in [4.69, 9.17) is 0 Å². The fourth-order valence-corrected chi connectivity index (χ4v) is 2.41. The summed E-state index contributed by atoms with van der Waals surface area (Å²) in [6.07, 6.45) is 2.66. The number of amides is 2. The molecular formula is C15H24N4O3. The molecule has 0 bridgehead atoms. The van der Waals surface area contributed by atoms with Gasteiger partial charge in [-0.3, -0.25) is 9.59 Å². The summed E-state index contributed by atoms with van der Waals surface area (Å²) in [7, 11) is 3.86. The zero-order chi connectivity index (χ0) is 16.1. The number of nitrogens with zero attached hydrogens (tertiary/aromatic N) is 3. The summed E-state index contributed by atoms with van der Waals surface area (Å²) in [5.41, 5.74) is 0.542. The molecule has 2 heterocycles. The Labute approximate surface area is 130 Å². The van der Waals surface area contributed by atoms with Crippen molar-refractivity contribution in [1.82, 2.24) is 19.7 Å². The fraction of sp³-hybridized carbons (Fsp3) is 0.600. The molecule has 1 aliphatic rings. The lowest BCUT2D eigenvalue weighted by atomic mass is 10.2. The van der Waals surface area contributed by atoms with E-state index in [1.807, 2.05) is 14.1 Å². The minimum Gasteiger partial charge on any atom is -0.391 e. The smallest absolute Gasteiger partial charge is 0.252 e. The zero-order valence-corrected chi connectivity index (χ0v) is 13.2. The number of piperazine rings is 1. The van der Waals surface area contributed by atoms with E-state index in [0.29, 0.717) is 18.7 Å². The Balaban J connectivity index is 1.72. The van der Waals surface area contributed by atoms with E-state index >= 15 is 0 Å². The van der Waals surface area contributed by atoms with Crippen LogP contribution in [0.5, 0.6) is 0 Å². The van der Waals surface area contributed by atoms with Crippen molar-refractivity contribution in [3.05, 3.63) is 24.0 Å². The third kappa shape index (κ3) is 4.57. The average Bonchev–Trinajstić information content (AvgIpc) is 2.92. The van der Waals surface area contributed by atoms with Gasteiger partial charge in [-0.1, -0.05) is 0 Å². The third-order valence-corrected chi connectivity index (χ3v) is 3.86. The highest BCUT2D eigenvalue weighted by atomic mass is 16.3. The summed E-state index contributed by atoms with van der Waals surface area (Å²) in [5.74, 6) is -0.304. The number of nitrogens with one attached hydrogen (secondary N) is 1. The molecule has 7 nitrogen and oxygen atoms in total. The van der Waals surface area contributed by atoms with Crippen LogP contribution in [0.15, 0.2) is 18.5 Å². The highest BCUT2D eigenvalue weighted by molar-refractivity contribution is 5.94. The number of likely N-dealkylation sites (N-methyl/N-ethyl adjacent to an activating group) is 1. The lowest BCUT2D eigenvalue weighted by Crippen LogP contribution is -2.48. The molecule has 2 N–H and O–H groups in total. The van der Waals surface area contributed by atoms with Gasteiger partial charge < -0.3 is 24.8 Å². The largest absolute Gasteiger partial charge is 0.391 e. The molecule has 0 aromatic carbocycles. The van der Waals surface area contributed by atoms with Crippen LogP contribution in [0.25, 0.3) is 0 Å². The summed E-state index contributed by atoms with van der Waals surface area (Å²) in [6.45, 7) is 3.17.